The molecular weight excluding hydrogens is 383 g/mol. The van der Waals surface area contributed by atoms with Gasteiger partial charge in [0.15, 0.2) is 0 Å². The van der Waals surface area contributed by atoms with E-state index in [4.69, 9.17) is 0 Å². The number of nitrogens with one attached hydrogen (secondary N) is 1. The number of rotatable bonds is 5. The number of thioether (sulfide) groups is 1. The van der Waals surface area contributed by atoms with Gasteiger partial charge in [-0.05, 0) is 47.6 Å². The van der Waals surface area contributed by atoms with Crippen molar-refractivity contribution in [3.8, 4) is 0 Å². The Labute approximate surface area is 136 Å². The Morgan fingerprint density at radius 1 is 1.35 bits per heavy atom. The van der Waals surface area contributed by atoms with Gasteiger partial charge in [-0.15, -0.1) is 11.8 Å². The molecule has 0 fully saturated rings. The lowest BCUT2D eigenvalue weighted by molar-refractivity contribution is 0.834. The highest BCUT2D eigenvalue weighted by Crippen LogP contribution is 2.24. The zero-order valence-electron chi connectivity index (χ0n) is 11.6. The minimum atomic E-state index is -0.0237. The number of halogens is 1. The van der Waals surface area contributed by atoms with E-state index in [2.05, 4.69) is 58.5 Å². The Kier molecular flexibility index (Phi) is 5.65. The van der Waals surface area contributed by atoms with Gasteiger partial charge in [0.05, 0.1) is 15.0 Å². The molecule has 0 amide bonds. The average Bonchev–Trinajstić information content (AvgIpc) is 2.43. The van der Waals surface area contributed by atoms with Gasteiger partial charge < -0.3 is 4.98 Å². The van der Waals surface area contributed by atoms with Crippen LogP contribution in [0.3, 0.4) is 0 Å². The minimum absolute atomic E-state index is 0.0237. The standard InChI is InChI=1S/C15H17IN2OS/c1-3-6-11-14(16)15(19)18-13(17-11)9-20-12-8-5-4-7-10(12)2/h4-5,7-8H,3,6,9H2,1-2H3,(H,17,18,19). The van der Waals surface area contributed by atoms with Gasteiger partial charge >= 0.3 is 0 Å². The Hall–Kier alpha value is -0.820. The first kappa shape index (κ1) is 15.6. The maximum Gasteiger partial charge on any atom is 0.264 e. The molecule has 3 nitrogen and oxygen atoms in total. The molecule has 1 N–H and O–H groups in total. The van der Waals surface area contributed by atoms with Crippen LogP contribution in [0.1, 0.15) is 30.4 Å². The molecule has 106 valence electrons. The molecule has 0 radical (unpaired) electrons. The molecule has 1 aromatic carbocycles. The maximum absolute atomic E-state index is 11.9. The first-order valence-corrected chi connectivity index (χ1v) is 8.64. The maximum atomic E-state index is 11.9. The van der Waals surface area contributed by atoms with Crippen molar-refractivity contribution in [2.75, 3.05) is 0 Å². The molecule has 0 atom stereocenters. The van der Waals surface area contributed by atoms with Crippen molar-refractivity contribution < 1.29 is 0 Å². The van der Waals surface area contributed by atoms with Crippen LogP contribution in [-0.2, 0) is 12.2 Å². The molecule has 0 bridgehead atoms. The first-order chi connectivity index (χ1) is 9.61. The summed E-state index contributed by atoms with van der Waals surface area (Å²) in [6.45, 7) is 4.19. The lowest BCUT2D eigenvalue weighted by atomic mass is 10.2. The van der Waals surface area contributed by atoms with Crippen molar-refractivity contribution in [1.29, 1.82) is 0 Å². The third-order valence-corrected chi connectivity index (χ3v) is 5.22. The van der Waals surface area contributed by atoms with Gasteiger partial charge in [0, 0.05) is 4.90 Å². The molecule has 0 aliphatic carbocycles. The van der Waals surface area contributed by atoms with E-state index in [1.54, 1.807) is 11.8 Å². The van der Waals surface area contributed by atoms with Crippen molar-refractivity contribution in [2.24, 2.45) is 0 Å². The summed E-state index contributed by atoms with van der Waals surface area (Å²) in [5.74, 6) is 1.44. The summed E-state index contributed by atoms with van der Waals surface area (Å²) in [6.07, 6.45) is 1.85. The molecule has 5 heteroatoms. The Balaban J connectivity index is 2.18. The average molecular weight is 400 g/mol. The fourth-order valence-electron chi connectivity index (χ4n) is 1.89. The third kappa shape index (κ3) is 3.85. The predicted octanol–water partition coefficient (Wildman–Crippen LogP) is 3.93. The SMILES string of the molecule is CCCc1nc(CSc2ccccc2C)[nH]c(=O)c1I. The topological polar surface area (TPSA) is 45.8 Å². The number of hydrogen-bond donors (Lipinski definition) is 1. The van der Waals surface area contributed by atoms with Crippen LogP contribution in [0, 0.1) is 10.5 Å². The van der Waals surface area contributed by atoms with Crippen LogP contribution in [0.25, 0.3) is 0 Å². The van der Waals surface area contributed by atoms with Crippen LogP contribution in [0.15, 0.2) is 34.0 Å². The van der Waals surface area contributed by atoms with Crippen LogP contribution in [0.2, 0.25) is 0 Å². The molecule has 0 aliphatic heterocycles. The number of H-pyrrole nitrogens is 1. The second kappa shape index (κ2) is 7.26. The number of benzene rings is 1. The summed E-state index contributed by atoms with van der Waals surface area (Å²) in [7, 11) is 0. The monoisotopic (exact) mass is 400 g/mol. The Bertz CT molecular complexity index is 655. The van der Waals surface area contributed by atoms with E-state index in [1.807, 2.05) is 12.1 Å². The van der Waals surface area contributed by atoms with E-state index in [9.17, 15) is 4.79 Å². The molecule has 1 aromatic heterocycles. The van der Waals surface area contributed by atoms with Crippen molar-refractivity contribution >= 4 is 34.4 Å². The van der Waals surface area contributed by atoms with Gasteiger partial charge in [-0.3, -0.25) is 4.79 Å². The molecule has 2 rings (SSSR count). The highest BCUT2D eigenvalue weighted by molar-refractivity contribution is 14.1. The summed E-state index contributed by atoms with van der Waals surface area (Å²) in [6, 6.07) is 8.25. The molecule has 0 unspecified atom stereocenters. The second-order valence-corrected chi connectivity index (χ2v) is 6.67. The number of nitrogens with zero attached hydrogens (tertiary/aromatic N) is 1. The van der Waals surface area contributed by atoms with E-state index in [1.165, 1.54) is 10.5 Å². The van der Waals surface area contributed by atoms with Gasteiger partial charge in [0.2, 0.25) is 0 Å². The lowest BCUT2D eigenvalue weighted by Crippen LogP contribution is -2.17. The van der Waals surface area contributed by atoms with Gasteiger partial charge in [-0.2, -0.15) is 0 Å². The molecule has 20 heavy (non-hydrogen) atoms. The van der Waals surface area contributed by atoms with Crippen LogP contribution in [0.4, 0.5) is 0 Å². The Morgan fingerprint density at radius 3 is 2.80 bits per heavy atom. The second-order valence-electron chi connectivity index (χ2n) is 4.58. The zero-order chi connectivity index (χ0) is 14.5. The fourth-order valence-corrected chi connectivity index (χ4v) is 3.32. The zero-order valence-corrected chi connectivity index (χ0v) is 14.5. The largest absolute Gasteiger partial charge is 0.309 e. The molecule has 0 aliphatic rings. The van der Waals surface area contributed by atoms with Crippen molar-refractivity contribution in [1.82, 2.24) is 9.97 Å². The summed E-state index contributed by atoms with van der Waals surface area (Å²) in [4.78, 5) is 20.6. The van der Waals surface area contributed by atoms with Crippen LogP contribution >= 0.6 is 34.4 Å². The Morgan fingerprint density at radius 2 is 2.10 bits per heavy atom. The lowest BCUT2D eigenvalue weighted by Gasteiger charge is -2.07. The van der Waals surface area contributed by atoms with Crippen molar-refractivity contribution in [2.45, 2.75) is 37.3 Å². The van der Waals surface area contributed by atoms with Gasteiger partial charge in [0.1, 0.15) is 5.82 Å². The summed E-state index contributed by atoms with van der Waals surface area (Å²) in [5, 5.41) is 0. The third-order valence-electron chi connectivity index (χ3n) is 2.93. The molecule has 0 saturated carbocycles. The van der Waals surface area contributed by atoms with Crippen LogP contribution in [0.5, 0.6) is 0 Å². The van der Waals surface area contributed by atoms with E-state index < -0.39 is 0 Å². The van der Waals surface area contributed by atoms with E-state index in [0.717, 1.165) is 24.4 Å². The number of aromatic amines is 1. The molecular formula is C15H17IN2OS. The molecule has 0 saturated heterocycles. The fraction of sp³-hybridized carbons (Fsp3) is 0.333. The van der Waals surface area contributed by atoms with E-state index in [0.29, 0.717) is 9.32 Å². The van der Waals surface area contributed by atoms with Crippen LogP contribution in [-0.4, -0.2) is 9.97 Å². The normalized spacial score (nSPS) is 10.8. The summed E-state index contributed by atoms with van der Waals surface area (Å²) in [5.41, 5.74) is 2.14. The summed E-state index contributed by atoms with van der Waals surface area (Å²) < 4.78 is 0.717. The van der Waals surface area contributed by atoms with Gasteiger partial charge in [0.25, 0.3) is 5.56 Å². The van der Waals surface area contributed by atoms with E-state index in [-0.39, 0.29) is 5.56 Å². The molecule has 0 spiro atoms. The smallest absolute Gasteiger partial charge is 0.264 e. The number of aryl methyl sites for hydroxylation is 2. The predicted molar refractivity (Wildman–Crippen MR) is 92.3 cm³/mol. The first-order valence-electron chi connectivity index (χ1n) is 6.57. The van der Waals surface area contributed by atoms with Crippen molar-refractivity contribution in [3.05, 3.63) is 55.3 Å². The highest BCUT2D eigenvalue weighted by Gasteiger charge is 2.09. The van der Waals surface area contributed by atoms with E-state index >= 15 is 0 Å². The minimum Gasteiger partial charge on any atom is -0.309 e. The molecule has 1 heterocycles. The van der Waals surface area contributed by atoms with Crippen LogP contribution < -0.4 is 5.56 Å². The summed E-state index contributed by atoms with van der Waals surface area (Å²) >= 11 is 3.78. The van der Waals surface area contributed by atoms with Gasteiger partial charge in [-0.25, -0.2) is 4.98 Å². The quantitative estimate of drug-likeness (QED) is 0.611. The molecule has 2 aromatic rings. The van der Waals surface area contributed by atoms with Gasteiger partial charge in [-0.1, -0.05) is 31.5 Å². The number of hydrogen-bond acceptors (Lipinski definition) is 3. The van der Waals surface area contributed by atoms with Crippen molar-refractivity contribution in [3.63, 3.8) is 0 Å². The highest BCUT2D eigenvalue weighted by atomic mass is 127. The number of aromatic nitrogens is 2.